The first-order valence-electron chi connectivity index (χ1n) is 6.72. The third-order valence-corrected chi connectivity index (χ3v) is 6.49. The van der Waals surface area contributed by atoms with Gasteiger partial charge in [0.2, 0.25) is 10.0 Å². The van der Waals surface area contributed by atoms with E-state index in [0.717, 1.165) is 4.31 Å². The molecule has 0 bridgehead atoms. The number of rotatable bonds is 3. The Balaban J connectivity index is 2.24. The maximum absolute atomic E-state index is 12.9. The van der Waals surface area contributed by atoms with E-state index in [-0.39, 0.29) is 15.7 Å². The van der Waals surface area contributed by atoms with Crippen molar-refractivity contribution in [3.63, 3.8) is 0 Å². The number of nitrogens with zero attached hydrogens (tertiary/aromatic N) is 1. The van der Waals surface area contributed by atoms with E-state index in [1.54, 1.807) is 6.07 Å². The van der Waals surface area contributed by atoms with Crippen molar-refractivity contribution in [3.05, 3.63) is 27.7 Å². The number of halogens is 2. The lowest BCUT2D eigenvalue weighted by molar-refractivity contribution is -0.121. The summed E-state index contributed by atoms with van der Waals surface area (Å²) in [6.07, 6.45) is 0.488. The van der Waals surface area contributed by atoms with Crippen LogP contribution in [0.25, 0.3) is 0 Å². The van der Waals surface area contributed by atoms with Crippen LogP contribution in [0, 0.1) is 0 Å². The molecule has 6 nitrogen and oxygen atoms in total. The Morgan fingerprint density at radius 2 is 2.00 bits per heavy atom. The maximum atomic E-state index is 12.9. The minimum absolute atomic E-state index is 0.181. The Morgan fingerprint density at radius 1 is 1.32 bits per heavy atom. The first-order valence-corrected chi connectivity index (χ1v) is 9.08. The fraction of sp³-hybridized carbons (Fsp3) is 0.462. The van der Waals surface area contributed by atoms with E-state index in [0.29, 0.717) is 25.1 Å². The highest BCUT2D eigenvalue weighted by Gasteiger charge is 2.55. The van der Waals surface area contributed by atoms with Crippen LogP contribution in [-0.4, -0.2) is 44.9 Å². The van der Waals surface area contributed by atoms with Gasteiger partial charge in [0, 0.05) is 6.54 Å². The van der Waals surface area contributed by atoms with Gasteiger partial charge < -0.3 is 10.4 Å². The van der Waals surface area contributed by atoms with Crippen LogP contribution in [0.2, 0.25) is 10.0 Å². The number of nitrogens with one attached hydrogen (secondary N) is 1. The number of carbonyl (C=O) groups is 1. The monoisotopic (exact) mass is 364 g/mol. The van der Waals surface area contributed by atoms with Crippen molar-refractivity contribution in [1.29, 1.82) is 0 Å². The highest BCUT2D eigenvalue weighted by Crippen LogP contribution is 2.49. The molecule has 0 aliphatic carbocycles. The fourth-order valence-electron chi connectivity index (χ4n) is 3.09. The lowest BCUT2D eigenvalue weighted by atomic mass is 9.81. The quantitative estimate of drug-likeness (QED) is 0.831. The lowest BCUT2D eigenvalue weighted by Gasteiger charge is -2.22. The summed E-state index contributed by atoms with van der Waals surface area (Å²) in [6, 6.07) is 2.97. The molecule has 2 heterocycles. The molecule has 0 radical (unpaired) electrons. The molecular formula is C13H14Cl2N2O4S. The van der Waals surface area contributed by atoms with Gasteiger partial charge in [0.15, 0.2) is 0 Å². The number of aliphatic hydroxyl groups excluding tert-OH is 1. The largest absolute Gasteiger partial charge is 0.395 e. The molecule has 1 spiro atoms. The van der Waals surface area contributed by atoms with Crippen molar-refractivity contribution in [3.8, 4) is 0 Å². The van der Waals surface area contributed by atoms with Crippen molar-refractivity contribution in [2.24, 2.45) is 0 Å². The van der Waals surface area contributed by atoms with Crippen molar-refractivity contribution >= 4 is 44.8 Å². The third kappa shape index (κ3) is 2.15. The first-order chi connectivity index (χ1) is 10.3. The molecule has 0 unspecified atom stereocenters. The molecule has 1 aromatic rings. The Morgan fingerprint density at radius 3 is 2.59 bits per heavy atom. The second-order valence-corrected chi connectivity index (χ2v) is 8.15. The van der Waals surface area contributed by atoms with Gasteiger partial charge in [-0.3, -0.25) is 4.79 Å². The van der Waals surface area contributed by atoms with Crippen LogP contribution >= 0.6 is 23.2 Å². The summed E-state index contributed by atoms with van der Waals surface area (Å²) in [4.78, 5) is 12.9. The van der Waals surface area contributed by atoms with Gasteiger partial charge in [0.25, 0.3) is 5.91 Å². The Labute approximate surface area is 138 Å². The molecule has 2 N–H and O–H groups in total. The molecule has 2 aliphatic rings. The molecular weight excluding hydrogens is 351 g/mol. The predicted molar refractivity (Wildman–Crippen MR) is 84.0 cm³/mol. The first kappa shape index (κ1) is 16.0. The van der Waals surface area contributed by atoms with E-state index in [4.69, 9.17) is 28.3 Å². The van der Waals surface area contributed by atoms with Crippen LogP contribution in [0.3, 0.4) is 0 Å². The summed E-state index contributed by atoms with van der Waals surface area (Å²) in [5, 5.41) is 12.5. The van der Waals surface area contributed by atoms with E-state index in [9.17, 15) is 13.2 Å². The van der Waals surface area contributed by atoms with Crippen molar-refractivity contribution in [2.45, 2.75) is 11.8 Å². The number of hydrogen-bond acceptors (Lipinski definition) is 5. The third-order valence-electron chi connectivity index (χ3n) is 4.15. The molecule has 0 saturated carbocycles. The standard InChI is InChI=1S/C13H14Cl2N2O4S/c14-9-5-8-11(6-10(9)15)17(22(20,21)4-3-18)12(19)13(8)1-2-16-7-13/h5-6,16,18H,1-4,7H2/t13-/m1/s1. The number of hydrogen-bond donors (Lipinski definition) is 2. The molecule has 2 aliphatic heterocycles. The van der Waals surface area contributed by atoms with Gasteiger partial charge in [-0.25, -0.2) is 12.7 Å². The van der Waals surface area contributed by atoms with Crippen LogP contribution in [0.5, 0.6) is 0 Å². The number of sulfonamides is 1. The van der Waals surface area contributed by atoms with E-state index >= 15 is 0 Å². The molecule has 0 aromatic heterocycles. The van der Waals surface area contributed by atoms with Crippen molar-refractivity contribution in [1.82, 2.24) is 5.32 Å². The molecule has 1 fully saturated rings. The summed E-state index contributed by atoms with van der Waals surface area (Å²) >= 11 is 12.1. The number of fused-ring (bicyclic) bond motifs is 2. The minimum atomic E-state index is -3.96. The normalized spacial score (nSPS) is 24.3. The number of carbonyl (C=O) groups excluding carboxylic acids is 1. The zero-order chi connectivity index (χ0) is 16.1. The summed E-state index contributed by atoms with van der Waals surface area (Å²) in [5.41, 5.74) is -0.138. The maximum Gasteiger partial charge on any atom is 0.252 e. The molecule has 1 saturated heterocycles. The number of amides is 1. The molecule has 9 heteroatoms. The minimum Gasteiger partial charge on any atom is -0.395 e. The van der Waals surface area contributed by atoms with Gasteiger partial charge in [0.05, 0.1) is 33.5 Å². The van der Waals surface area contributed by atoms with Crippen LogP contribution in [0.4, 0.5) is 5.69 Å². The number of anilines is 1. The predicted octanol–water partition coefficient (Wildman–Crippen LogP) is 0.893. The van der Waals surface area contributed by atoms with Gasteiger partial charge in [-0.2, -0.15) is 0 Å². The molecule has 3 rings (SSSR count). The average molecular weight is 365 g/mol. The lowest BCUT2D eigenvalue weighted by Crippen LogP contribution is -2.45. The van der Waals surface area contributed by atoms with Gasteiger partial charge in [-0.05, 0) is 30.7 Å². The van der Waals surface area contributed by atoms with Crippen LogP contribution in [-0.2, 0) is 20.2 Å². The summed E-state index contributed by atoms with van der Waals surface area (Å²) in [6.45, 7) is 0.398. The Kier molecular flexibility index (Phi) is 3.89. The summed E-state index contributed by atoms with van der Waals surface area (Å²) < 4.78 is 25.6. The molecule has 1 atom stereocenters. The molecule has 22 heavy (non-hydrogen) atoms. The topological polar surface area (TPSA) is 86.7 Å². The zero-order valence-corrected chi connectivity index (χ0v) is 13.8. The van der Waals surface area contributed by atoms with E-state index in [2.05, 4.69) is 5.32 Å². The van der Waals surface area contributed by atoms with Gasteiger partial charge >= 0.3 is 0 Å². The molecule has 1 amide bonds. The van der Waals surface area contributed by atoms with E-state index < -0.39 is 33.7 Å². The van der Waals surface area contributed by atoms with Gasteiger partial charge in [-0.1, -0.05) is 23.2 Å². The van der Waals surface area contributed by atoms with Gasteiger partial charge in [0.1, 0.15) is 0 Å². The van der Waals surface area contributed by atoms with Crippen LogP contribution in [0.15, 0.2) is 12.1 Å². The highest BCUT2D eigenvalue weighted by molar-refractivity contribution is 7.93. The second kappa shape index (κ2) is 5.35. The number of aliphatic hydroxyl groups is 1. The van der Waals surface area contributed by atoms with Crippen molar-refractivity contribution < 1.29 is 18.3 Å². The Hall–Kier alpha value is -0.860. The van der Waals surface area contributed by atoms with Crippen molar-refractivity contribution in [2.75, 3.05) is 29.8 Å². The van der Waals surface area contributed by atoms with Crippen LogP contribution < -0.4 is 9.62 Å². The fourth-order valence-corrected chi connectivity index (χ4v) is 4.71. The highest BCUT2D eigenvalue weighted by atomic mass is 35.5. The SMILES string of the molecule is O=C1N(S(=O)(=O)CCO)c2cc(Cl)c(Cl)cc2[C@]12CCNC2. The van der Waals surface area contributed by atoms with E-state index in [1.807, 2.05) is 0 Å². The Bertz CT molecular complexity index is 745. The molecule has 1 aromatic carbocycles. The molecule has 120 valence electrons. The summed E-state index contributed by atoms with van der Waals surface area (Å²) in [7, 11) is -3.96. The second-order valence-electron chi connectivity index (χ2n) is 5.40. The van der Waals surface area contributed by atoms with Gasteiger partial charge in [-0.15, -0.1) is 0 Å². The smallest absolute Gasteiger partial charge is 0.252 e. The summed E-state index contributed by atoms with van der Waals surface area (Å²) in [5.74, 6) is -1.04. The van der Waals surface area contributed by atoms with Crippen LogP contribution in [0.1, 0.15) is 12.0 Å². The zero-order valence-electron chi connectivity index (χ0n) is 11.5. The van der Waals surface area contributed by atoms with E-state index in [1.165, 1.54) is 6.07 Å². The number of benzene rings is 1. The average Bonchev–Trinajstić information content (AvgIpc) is 2.99.